The highest BCUT2D eigenvalue weighted by Gasteiger charge is 2.19. The maximum Gasteiger partial charge on any atom is 0.231 e. The largest absolute Gasteiger partial charge is 0.488 e. The van der Waals surface area contributed by atoms with Crippen molar-refractivity contribution in [3.8, 4) is 17.2 Å². The third-order valence-corrected chi connectivity index (χ3v) is 3.75. The number of carbonyl (C=O) groups is 1. The minimum Gasteiger partial charge on any atom is -0.488 e. The molecule has 110 valence electrons. The van der Waals surface area contributed by atoms with Crippen LogP contribution in [0.1, 0.15) is 21.6 Å². The predicted octanol–water partition coefficient (Wildman–Crippen LogP) is 2.50. The van der Waals surface area contributed by atoms with Gasteiger partial charge in [-0.05, 0) is 13.0 Å². The van der Waals surface area contributed by atoms with Crippen LogP contribution in [0.15, 0.2) is 12.1 Å². The first-order valence-corrected chi connectivity index (χ1v) is 6.67. The number of aryl methyl sites for hydroxylation is 2. The summed E-state index contributed by atoms with van der Waals surface area (Å²) in [6.45, 7) is 2.22. The third kappa shape index (κ3) is 2.42. The van der Waals surface area contributed by atoms with E-state index in [1.165, 1.54) is 0 Å². The lowest BCUT2D eigenvalue weighted by atomic mass is 10.2. The van der Waals surface area contributed by atoms with Crippen molar-refractivity contribution < 1.29 is 19.0 Å². The number of nitrogens with zero attached hydrogens (tertiary/aromatic N) is 2. The molecule has 0 amide bonds. The van der Waals surface area contributed by atoms with Gasteiger partial charge in [-0.25, -0.2) is 0 Å². The lowest BCUT2D eigenvalue weighted by Crippen LogP contribution is -2.00. The summed E-state index contributed by atoms with van der Waals surface area (Å²) in [5, 5.41) is 4.73. The second kappa shape index (κ2) is 5.29. The van der Waals surface area contributed by atoms with Crippen molar-refractivity contribution in [1.82, 2.24) is 9.78 Å². The molecule has 3 rings (SSSR count). The average molecular weight is 309 g/mol. The Bertz CT molecular complexity index is 711. The van der Waals surface area contributed by atoms with Gasteiger partial charge in [-0.2, -0.15) is 5.10 Å². The second-order valence-electron chi connectivity index (χ2n) is 4.63. The molecule has 1 aromatic carbocycles. The summed E-state index contributed by atoms with van der Waals surface area (Å²) in [5.74, 6) is 1.53. The molecule has 0 atom stereocenters. The second-order valence-corrected chi connectivity index (χ2v) is 4.99. The number of hydrogen-bond acceptors (Lipinski definition) is 5. The summed E-state index contributed by atoms with van der Waals surface area (Å²) in [7, 11) is 1.76. The first-order valence-electron chi connectivity index (χ1n) is 6.29. The van der Waals surface area contributed by atoms with E-state index in [-0.39, 0.29) is 13.4 Å². The molecule has 1 aliphatic heterocycles. The van der Waals surface area contributed by atoms with E-state index < -0.39 is 0 Å². The monoisotopic (exact) mass is 308 g/mol. The number of hydrogen-bond donors (Lipinski definition) is 0. The van der Waals surface area contributed by atoms with E-state index in [2.05, 4.69) is 5.10 Å². The van der Waals surface area contributed by atoms with Crippen molar-refractivity contribution in [2.24, 2.45) is 7.05 Å². The Morgan fingerprint density at radius 2 is 2.14 bits per heavy atom. The summed E-state index contributed by atoms with van der Waals surface area (Å²) >= 11 is 6.15. The number of ether oxygens (including phenoxy) is 3. The van der Waals surface area contributed by atoms with Gasteiger partial charge in [0.05, 0.1) is 11.3 Å². The van der Waals surface area contributed by atoms with Gasteiger partial charge in [0, 0.05) is 18.7 Å². The Kier molecular flexibility index (Phi) is 3.47. The predicted molar refractivity (Wildman–Crippen MR) is 75.2 cm³/mol. The molecule has 21 heavy (non-hydrogen) atoms. The van der Waals surface area contributed by atoms with Crippen molar-refractivity contribution in [1.29, 1.82) is 0 Å². The molecule has 0 radical (unpaired) electrons. The van der Waals surface area contributed by atoms with Crippen LogP contribution in [0.2, 0.25) is 5.15 Å². The van der Waals surface area contributed by atoms with E-state index in [0.29, 0.717) is 28.0 Å². The lowest BCUT2D eigenvalue weighted by molar-refractivity contribution is 0.111. The third-order valence-electron chi connectivity index (χ3n) is 3.27. The fraction of sp³-hybridized carbons (Fsp3) is 0.286. The van der Waals surface area contributed by atoms with Crippen LogP contribution in [0.3, 0.4) is 0 Å². The zero-order valence-corrected chi connectivity index (χ0v) is 12.3. The summed E-state index contributed by atoms with van der Waals surface area (Å²) in [6, 6.07) is 3.24. The van der Waals surface area contributed by atoms with Crippen molar-refractivity contribution in [2.75, 3.05) is 6.79 Å². The maximum atomic E-state index is 11.2. The zero-order valence-electron chi connectivity index (χ0n) is 11.6. The van der Waals surface area contributed by atoms with Crippen molar-refractivity contribution >= 4 is 17.9 Å². The number of halogens is 1. The fourth-order valence-corrected chi connectivity index (χ4v) is 2.37. The first-order chi connectivity index (χ1) is 10.1. The molecule has 0 aliphatic carbocycles. The summed E-state index contributed by atoms with van der Waals surface area (Å²) in [5.41, 5.74) is 1.97. The number of aldehydes is 1. The lowest BCUT2D eigenvalue weighted by Gasteiger charge is -2.09. The minimum absolute atomic E-state index is 0.143. The summed E-state index contributed by atoms with van der Waals surface area (Å²) in [6.07, 6.45) is 0.717. The zero-order chi connectivity index (χ0) is 15.0. The molecule has 0 spiro atoms. The normalized spacial score (nSPS) is 12.5. The molecular weight excluding hydrogens is 296 g/mol. The molecule has 0 fully saturated rings. The van der Waals surface area contributed by atoms with Crippen LogP contribution in [0.4, 0.5) is 0 Å². The Labute approximate surface area is 126 Å². The molecule has 0 saturated heterocycles. The molecule has 6 nitrogen and oxygen atoms in total. The van der Waals surface area contributed by atoms with Crippen LogP contribution >= 0.6 is 11.6 Å². The van der Waals surface area contributed by atoms with E-state index in [9.17, 15) is 4.79 Å². The summed E-state index contributed by atoms with van der Waals surface area (Å²) in [4.78, 5) is 11.2. The highest BCUT2D eigenvalue weighted by Crippen LogP contribution is 2.38. The van der Waals surface area contributed by atoms with Crippen LogP contribution < -0.4 is 14.2 Å². The summed E-state index contributed by atoms with van der Waals surface area (Å²) < 4.78 is 17.8. The molecule has 0 N–H and O–H groups in total. The van der Waals surface area contributed by atoms with Gasteiger partial charge in [0.15, 0.2) is 17.8 Å². The first kappa shape index (κ1) is 13.8. The Balaban J connectivity index is 1.86. The molecule has 2 aromatic rings. The molecule has 1 aromatic heterocycles. The van der Waals surface area contributed by atoms with E-state index in [1.807, 2.05) is 6.92 Å². The SMILES string of the molecule is Cc1nn(C)c(Cl)c1COc1cc2c(cc1C=O)OCO2. The van der Waals surface area contributed by atoms with E-state index in [4.69, 9.17) is 25.8 Å². The van der Waals surface area contributed by atoms with Gasteiger partial charge >= 0.3 is 0 Å². The minimum atomic E-state index is 0.143. The Hall–Kier alpha value is -2.21. The van der Waals surface area contributed by atoms with Gasteiger partial charge in [0.1, 0.15) is 17.5 Å². The van der Waals surface area contributed by atoms with Gasteiger partial charge in [-0.1, -0.05) is 11.6 Å². The molecule has 1 aliphatic rings. The number of aromatic nitrogens is 2. The van der Waals surface area contributed by atoms with Gasteiger partial charge in [-0.15, -0.1) is 0 Å². The topological polar surface area (TPSA) is 62.6 Å². The van der Waals surface area contributed by atoms with Gasteiger partial charge in [0.25, 0.3) is 0 Å². The van der Waals surface area contributed by atoms with Crippen molar-refractivity contribution in [3.63, 3.8) is 0 Å². The molecule has 2 heterocycles. The fourth-order valence-electron chi connectivity index (χ4n) is 2.14. The van der Waals surface area contributed by atoms with Crippen LogP contribution in [0.25, 0.3) is 0 Å². The van der Waals surface area contributed by atoms with Gasteiger partial charge < -0.3 is 14.2 Å². The highest BCUT2D eigenvalue weighted by molar-refractivity contribution is 6.30. The number of carbonyl (C=O) groups excluding carboxylic acids is 1. The molecule has 0 bridgehead atoms. The quantitative estimate of drug-likeness (QED) is 0.812. The van der Waals surface area contributed by atoms with E-state index in [0.717, 1.165) is 17.5 Å². The van der Waals surface area contributed by atoms with Crippen molar-refractivity contribution in [2.45, 2.75) is 13.5 Å². The van der Waals surface area contributed by atoms with Crippen LogP contribution in [-0.2, 0) is 13.7 Å². The van der Waals surface area contributed by atoms with Crippen LogP contribution in [-0.4, -0.2) is 22.9 Å². The Morgan fingerprint density at radius 3 is 2.76 bits per heavy atom. The molecule has 0 unspecified atom stereocenters. The number of fused-ring (bicyclic) bond motifs is 1. The number of benzene rings is 1. The molecular formula is C14H13ClN2O4. The number of rotatable bonds is 4. The standard InChI is InChI=1S/C14H13ClN2O4/c1-8-10(14(15)17(2)16-8)6-19-11-4-13-12(20-7-21-13)3-9(11)5-18/h3-5H,6-7H2,1-2H3. The maximum absolute atomic E-state index is 11.2. The van der Waals surface area contributed by atoms with Crippen LogP contribution in [0, 0.1) is 6.92 Å². The molecule has 0 saturated carbocycles. The van der Waals surface area contributed by atoms with Crippen molar-refractivity contribution in [3.05, 3.63) is 34.1 Å². The van der Waals surface area contributed by atoms with E-state index >= 15 is 0 Å². The smallest absolute Gasteiger partial charge is 0.231 e. The van der Waals surface area contributed by atoms with E-state index in [1.54, 1.807) is 23.9 Å². The van der Waals surface area contributed by atoms with Gasteiger partial charge in [0.2, 0.25) is 6.79 Å². The average Bonchev–Trinajstić information content (AvgIpc) is 3.01. The Morgan fingerprint density at radius 1 is 1.43 bits per heavy atom. The van der Waals surface area contributed by atoms with Gasteiger partial charge in [-0.3, -0.25) is 9.48 Å². The highest BCUT2D eigenvalue weighted by atomic mass is 35.5. The molecule has 7 heteroatoms. The van der Waals surface area contributed by atoms with Crippen LogP contribution in [0.5, 0.6) is 17.2 Å².